The van der Waals surface area contributed by atoms with Gasteiger partial charge in [0.15, 0.2) is 5.78 Å². The number of benzene rings is 3. The van der Waals surface area contributed by atoms with E-state index in [1.807, 2.05) is 32.0 Å². The average Bonchev–Trinajstić information content (AvgIpc) is 2.72. The Kier molecular flexibility index (Phi) is 4.65. The number of anilines is 1. The Hall–Kier alpha value is -3.07. The molecule has 1 aliphatic carbocycles. The number of fused-ring (bicyclic) bond motifs is 4. The molecular formula is C28H29NO2. The van der Waals surface area contributed by atoms with Crippen LogP contribution in [0.3, 0.4) is 0 Å². The van der Waals surface area contributed by atoms with Gasteiger partial charge in [-0.05, 0) is 54.2 Å². The predicted octanol–water partition coefficient (Wildman–Crippen LogP) is 6.94. The quantitative estimate of drug-likeness (QED) is 0.507. The number of rotatable bonds is 3. The van der Waals surface area contributed by atoms with Gasteiger partial charge in [0.05, 0.1) is 12.1 Å². The molecule has 0 saturated carbocycles. The molecule has 0 amide bonds. The summed E-state index contributed by atoms with van der Waals surface area (Å²) in [5.41, 5.74) is 5.34. The third-order valence-corrected chi connectivity index (χ3v) is 6.33. The topological polar surface area (TPSA) is 38.3 Å². The first-order chi connectivity index (χ1) is 14.8. The van der Waals surface area contributed by atoms with Gasteiger partial charge >= 0.3 is 0 Å². The summed E-state index contributed by atoms with van der Waals surface area (Å²) >= 11 is 0. The largest absolute Gasteiger partial charge is 0.491 e. The Balaban J connectivity index is 1.77. The van der Waals surface area contributed by atoms with Crippen molar-refractivity contribution in [2.45, 2.75) is 52.7 Å². The van der Waals surface area contributed by atoms with Crippen molar-refractivity contribution in [1.82, 2.24) is 0 Å². The molecule has 0 saturated heterocycles. The third-order valence-electron chi connectivity index (χ3n) is 6.33. The zero-order valence-electron chi connectivity index (χ0n) is 18.7. The Bertz CT molecular complexity index is 1220. The van der Waals surface area contributed by atoms with Crippen molar-refractivity contribution in [2.75, 3.05) is 5.32 Å². The van der Waals surface area contributed by atoms with Gasteiger partial charge in [0.2, 0.25) is 0 Å². The first kappa shape index (κ1) is 19.9. The lowest BCUT2D eigenvalue weighted by molar-refractivity contribution is -0.118. The molecule has 0 spiro atoms. The van der Waals surface area contributed by atoms with Gasteiger partial charge in [-0.2, -0.15) is 0 Å². The highest BCUT2D eigenvalue weighted by atomic mass is 16.5. The summed E-state index contributed by atoms with van der Waals surface area (Å²) in [6.45, 7) is 8.47. The van der Waals surface area contributed by atoms with Crippen LogP contribution in [0.4, 0.5) is 5.69 Å². The van der Waals surface area contributed by atoms with Gasteiger partial charge in [0.25, 0.3) is 0 Å². The van der Waals surface area contributed by atoms with E-state index < -0.39 is 0 Å². The van der Waals surface area contributed by atoms with Crippen LogP contribution in [0.5, 0.6) is 5.75 Å². The molecule has 3 nitrogen and oxygen atoms in total. The molecule has 5 rings (SSSR count). The molecule has 2 aliphatic rings. The molecule has 3 aromatic rings. The highest BCUT2D eigenvalue weighted by Crippen LogP contribution is 2.52. The van der Waals surface area contributed by atoms with Crippen molar-refractivity contribution < 1.29 is 9.53 Å². The van der Waals surface area contributed by atoms with E-state index in [0.717, 1.165) is 29.0 Å². The first-order valence-corrected chi connectivity index (χ1v) is 11.1. The van der Waals surface area contributed by atoms with Gasteiger partial charge in [0, 0.05) is 28.8 Å². The number of Topliss-reactive ketones (excluding diaryl/α,β-unsaturated/α-hetero) is 1. The Morgan fingerprint density at radius 1 is 0.968 bits per heavy atom. The minimum absolute atomic E-state index is 0.0556. The second-order valence-corrected chi connectivity index (χ2v) is 9.82. The number of para-hydroxylation sites is 1. The fourth-order valence-corrected chi connectivity index (χ4v) is 5.15. The highest BCUT2D eigenvalue weighted by molar-refractivity contribution is 6.13. The predicted molar refractivity (Wildman–Crippen MR) is 127 cm³/mol. The number of ketones is 1. The zero-order chi connectivity index (χ0) is 21.8. The van der Waals surface area contributed by atoms with Crippen LogP contribution in [0.2, 0.25) is 0 Å². The molecule has 1 unspecified atom stereocenters. The highest BCUT2D eigenvalue weighted by Gasteiger charge is 2.41. The van der Waals surface area contributed by atoms with Gasteiger partial charge < -0.3 is 10.1 Å². The number of carbonyl (C=O) groups is 1. The van der Waals surface area contributed by atoms with Crippen LogP contribution in [-0.4, -0.2) is 11.9 Å². The number of allylic oxidation sites excluding steroid dienone is 1. The van der Waals surface area contributed by atoms with Crippen LogP contribution in [0.1, 0.15) is 57.7 Å². The molecule has 1 aliphatic heterocycles. The van der Waals surface area contributed by atoms with E-state index in [9.17, 15) is 4.79 Å². The van der Waals surface area contributed by atoms with Crippen LogP contribution in [0, 0.1) is 5.41 Å². The van der Waals surface area contributed by atoms with Crippen molar-refractivity contribution in [3.8, 4) is 5.75 Å². The van der Waals surface area contributed by atoms with E-state index in [1.165, 1.54) is 21.9 Å². The maximum absolute atomic E-state index is 13.6. The van der Waals surface area contributed by atoms with Crippen LogP contribution in [0.15, 0.2) is 66.2 Å². The molecule has 0 fully saturated rings. The van der Waals surface area contributed by atoms with Crippen LogP contribution < -0.4 is 10.1 Å². The van der Waals surface area contributed by atoms with Crippen molar-refractivity contribution >= 4 is 27.8 Å². The van der Waals surface area contributed by atoms with E-state index in [4.69, 9.17) is 4.74 Å². The molecule has 3 aromatic carbocycles. The van der Waals surface area contributed by atoms with Crippen molar-refractivity contribution in [3.63, 3.8) is 0 Å². The fraction of sp³-hybridized carbons (Fsp3) is 0.321. The smallest absolute Gasteiger partial charge is 0.162 e. The number of nitrogens with one attached hydrogen (secondary N) is 1. The molecule has 3 heteroatoms. The van der Waals surface area contributed by atoms with E-state index in [2.05, 4.69) is 61.6 Å². The summed E-state index contributed by atoms with van der Waals surface area (Å²) in [6, 6.07) is 20.7. The summed E-state index contributed by atoms with van der Waals surface area (Å²) in [5, 5.41) is 6.12. The van der Waals surface area contributed by atoms with E-state index >= 15 is 0 Å². The summed E-state index contributed by atoms with van der Waals surface area (Å²) in [6.07, 6.45) is 1.52. The van der Waals surface area contributed by atoms with E-state index in [0.29, 0.717) is 6.42 Å². The van der Waals surface area contributed by atoms with Crippen LogP contribution >= 0.6 is 0 Å². The number of hydrogen-bond acceptors (Lipinski definition) is 3. The fourth-order valence-electron chi connectivity index (χ4n) is 5.15. The summed E-state index contributed by atoms with van der Waals surface area (Å²) < 4.78 is 6.14. The molecule has 1 heterocycles. The minimum atomic E-state index is -0.206. The second kappa shape index (κ2) is 7.26. The Labute approximate surface area is 184 Å². The van der Waals surface area contributed by atoms with Gasteiger partial charge in [-0.3, -0.25) is 4.79 Å². The average molecular weight is 412 g/mol. The molecule has 0 aromatic heterocycles. The molecular weight excluding hydrogens is 382 g/mol. The van der Waals surface area contributed by atoms with Crippen LogP contribution in [0.25, 0.3) is 16.3 Å². The standard InChI is InChI=1S/C28H29NO2/c1-17(2)31-24-12-8-7-11-20(24)27-26-21(15-28(3,4)16-23(26)30)25-19-10-6-5-9-18(19)13-14-22(25)29-27/h5-14,17,27,29H,15-16H2,1-4H3. The third kappa shape index (κ3) is 3.42. The maximum atomic E-state index is 13.6. The Morgan fingerprint density at radius 2 is 1.71 bits per heavy atom. The van der Waals surface area contributed by atoms with Crippen LogP contribution in [-0.2, 0) is 4.79 Å². The van der Waals surface area contributed by atoms with Crippen molar-refractivity contribution in [1.29, 1.82) is 0 Å². The molecule has 158 valence electrons. The molecule has 0 radical (unpaired) electrons. The Morgan fingerprint density at radius 3 is 2.52 bits per heavy atom. The van der Waals surface area contributed by atoms with E-state index in [-0.39, 0.29) is 23.3 Å². The van der Waals surface area contributed by atoms with E-state index in [1.54, 1.807) is 0 Å². The molecule has 0 bridgehead atoms. The van der Waals surface area contributed by atoms with Gasteiger partial charge in [-0.15, -0.1) is 0 Å². The second-order valence-electron chi connectivity index (χ2n) is 9.82. The lowest BCUT2D eigenvalue weighted by Crippen LogP contribution is -2.33. The van der Waals surface area contributed by atoms with Crippen molar-refractivity contribution in [2.24, 2.45) is 5.41 Å². The minimum Gasteiger partial charge on any atom is -0.491 e. The van der Waals surface area contributed by atoms with Gasteiger partial charge in [-0.25, -0.2) is 0 Å². The van der Waals surface area contributed by atoms with Crippen molar-refractivity contribution in [3.05, 3.63) is 77.4 Å². The molecule has 1 N–H and O–H groups in total. The lowest BCUT2D eigenvalue weighted by atomic mass is 9.68. The normalized spacial score (nSPS) is 19.8. The number of carbonyl (C=O) groups excluding carboxylic acids is 1. The zero-order valence-corrected chi connectivity index (χ0v) is 18.7. The first-order valence-electron chi connectivity index (χ1n) is 11.1. The summed E-state index contributed by atoms with van der Waals surface area (Å²) in [7, 11) is 0. The molecule has 31 heavy (non-hydrogen) atoms. The lowest BCUT2D eigenvalue weighted by Gasteiger charge is -2.40. The maximum Gasteiger partial charge on any atom is 0.162 e. The monoisotopic (exact) mass is 411 g/mol. The summed E-state index contributed by atoms with van der Waals surface area (Å²) in [5.74, 6) is 1.07. The molecule has 1 atom stereocenters. The number of ether oxygens (including phenoxy) is 1. The van der Waals surface area contributed by atoms with Gasteiger partial charge in [0.1, 0.15) is 5.75 Å². The van der Waals surface area contributed by atoms with Gasteiger partial charge in [-0.1, -0.05) is 62.4 Å². The summed E-state index contributed by atoms with van der Waals surface area (Å²) in [4.78, 5) is 13.6. The number of hydrogen-bond donors (Lipinski definition) is 1. The SMILES string of the molecule is CC(C)Oc1ccccc1C1Nc2ccc3ccccc3c2C2=C1C(=O)CC(C)(C)C2.